The SMILES string of the molecule is Cc1nc(-c2cc(C3(NC(=O)c4cc(N5CCN(C)CC5)ccc4C)CC3)c3cccnc3c2)co1. The Kier molecular flexibility index (Phi) is 5.52. The molecule has 1 amide bonds. The van der Waals surface area contributed by atoms with Crippen LogP contribution in [0.3, 0.4) is 0 Å². The van der Waals surface area contributed by atoms with E-state index in [4.69, 9.17) is 4.42 Å². The van der Waals surface area contributed by atoms with Crippen LogP contribution < -0.4 is 10.2 Å². The molecule has 2 aromatic heterocycles. The lowest BCUT2D eigenvalue weighted by molar-refractivity contribution is 0.0930. The average Bonchev–Trinajstić information content (AvgIpc) is 3.53. The fraction of sp³-hybridized carbons (Fsp3) is 0.345. The second-order valence-corrected chi connectivity index (χ2v) is 10.2. The molecule has 0 bridgehead atoms. The van der Waals surface area contributed by atoms with Crippen molar-refractivity contribution >= 4 is 22.5 Å². The fourth-order valence-electron chi connectivity index (χ4n) is 5.21. The third kappa shape index (κ3) is 4.13. The van der Waals surface area contributed by atoms with Crippen LogP contribution in [0.1, 0.15) is 40.2 Å². The normalized spacial score (nSPS) is 17.4. The third-order valence-electron chi connectivity index (χ3n) is 7.59. The van der Waals surface area contributed by atoms with Gasteiger partial charge in [-0.25, -0.2) is 4.98 Å². The van der Waals surface area contributed by atoms with Crippen molar-refractivity contribution in [3.63, 3.8) is 0 Å². The number of aromatic nitrogens is 2. The van der Waals surface area contributed by atoms with E-state index < -0.39 is 5.54 Å². The Labute approximate surface area is 211 Å². The monoisotopic (exact) mass is 481 g/mol. The Hall–Kier alpha value is -3.71. The molecule has 7 nitrogen and oxygen atoms in total. The molecule has 6 rings (SSSR count). The van der Waals surface area contributed by atoms with Crippen LogP contribution in [-0.4, -0.2) is 54.0 Å². The largest absolute Gasteiger partial charge is 0.449 e. The molecule has 4 aromatic rings. The second kappa shape index (κ2) is 8.75. The van der Waals surface area contributed by atoms with E-state index >= 15 is 0 Å². The molecule has 0 spiro atoms. The molecule has 7 heteroatoms. The van der Waals surface area contributed by atoms with Crippen LogP contribution in [0.5, 0.6) is 0 Å². The maximum absolute atomic E-state index is 13.7. The number of likely N-dealkylation sites (N-methyl/N-ethyl adjacent to an activating group) is 1. The number of amides is 1. The van der Waals surface area contributed by atoms with Crippen molar-refractivity contribution in [2.45, 2.75) is 32.2 Å². The third-order valence-corrected chi connectivity index (χ3v) is 7.59. The quantitative estimate of drug-likeness (QED) is 0.446. The maximum Gasteiger partial charge on any atom is 0.252 e. The number of hydrogen-bond acceptors (Lipinski definition) is 6. The van der Waals surface area contributed by atoms with E-state index in [0.29, 0.717) is 5.89 Å². The van der Waals surface area contributed by atoms with Crippen molar-refractivity contribution in [2.24, 2.45) is 0 Å². The van der Waals surface area contributed by atoms with E-state index in [-0.39, 0.29) is 5.91 Å². The molecule has 1 N–H and O–H groups in total. The standard InChI is InChI=1S/C29H31N5O2/c1-19-6-7-22(34-13-11-33(3)12-14-34)17-24(19)28(35)32-29(8-9-29)25-15-21(27-18-36-20(2)31-27)16-26-23(25)5-4-10-30-26/h4-7,10,15-18H,8-9,11-14H2,1-3H3,(H,32,35). The summed E-state index contributed by atoms with van der Waals surface area (Å²) in [6.45, 7) is 7.84. The van der Waals surface area contributed by atoms with Crippen molar-refractivity contribution in [3.8, 4) is 11.3 Å². The lowest BCUT2D eigenvalue weighted by Gasteiger charge is -2.34. The fourth-order valence-corrected chi connectivity index (χ4v) is 5.21. The molecule has 184 valence electrons. The van der Waals surface area contributed by atoms with Crippen molar-refractivity contribution in [1.29, 1.82) is 0 Å². The molecule has 2 fully saturated rings. The zero-order valence-corrected chi connectivity index (χ0v) is 21.0. The molecule has 2 aliphatic rings. The zero-order valence-electron chi connectivity index (χ0n) is 21.0. The van der Waals surface area contributed by atoms with Crippen LogP contribution in [-0.2, 0) is 5.54 Å². The van der Waals surface area contributed by atoms with Gasteiger partial charge in [-0.3, -0.25) is 9.78 Å². The van der Waals surface area contributed by atoms with Crippen LogP contribution in [0, 0.1) is 13.8 Å². The summed E-state index contributed by atoms with van der Waals surface area (Å²) in [6, 6.07) is 14.5. The number of hydrogen-bond donors (Lipinski definition) is 1. The summed E-state index contributed by atoms with van der Waals surface area (Å²) >= 11 is 0. The molecule has 0 radical (unpaired) electrons. The van der Waals surface area contributed by atoms with Crippen LogP contribution in [0.25, 0.3) is 22.2 Å². The zero-order chi connectivity index (χ0) is 24.9. The van der Waals surface area contributed by atoms with E-state index in [2.05, 4.69) is 62.5 Å². The highest BCUT2D eigenvalue weighted by Crippen LogP contribution is 2.49. The molecule has 3 heterocycles. The summed E-state index contributed by atoms with van der Waals surface area (Å²) in [6.07, 6.45) is 5.26. The van der Waals surface area contributed by atoms with Crippen LogP contribution in [0.15, 0.2) is 59.3 Å². The first-order valence-electron chi connectivity index (χ1n) is 12.6. The first-order valence-corrected chi connectivity index (χ1v) is 12.6. The summed E-state index contributed by atoms with van der Waals surface area (Å²) in [7, 11) is 2.15. The first-order chi connectivity index (χ1) is 17.4. The highest BCUT2D eigenvalue weighted by Gasteiger charge is 2.47. The van der Waals surface area contributed by atoms with Gasteiger partial charge in [-0.05, 0) is 68.3 Å². The van der Waals surface area contributed by atoms with Gasteiger partial charge in [0.05, 0.1) is 11.1 Å². The van der Waals surface area contributed by atoms with E-state index in [1.165, 1.54) is 0 Å². The summed E-state index contributed by atoms with van der Waals surface area (Å²) in [5, 5.41) is 4.47. The van der Waals surface area contributed by atoms with Gasteiger partial charge in [0.25, 0.3) is 5.91 Å². The predicted octanol–water partition coefficient (Wildman–Crippen LogP) is 4.68. The highest BCUT2D eigenvalue weighted by atomic mass is 16.3. The van der Waals surface area contributed by atoms with Crippen molar-refractivity contribution in [1.82, 2.24) is 20.2 Å². The number of benzene rings is 2. The number of carbonyl (C=O) groups is 1. The topological polar surface area (TPSA) is 74.5 Å². The van der Waals surface area contributed by atoms with E-state index in [0.717, 1.165) is 83.6 Å². The van der Waals surface area contributed by atoms with E-state index in [9.17, 15) is 4.79 Å². The highest BCUT2D eigenvalue weighted by molar-refractivity contribution is 5.98. The Balaban J connectivity index is 1.34. The van der Waals surface area contributed by atoms with Gasteiger partial charge in [-0.1, -0.05) is 12.1 Å². The molecule has 1 aliphatic heterocycles. The number of nitrogens with zero attached hydrogens (tertiary/aromatic N) is 4. The predicted molar refractivity (Wildman–Crippen MR) is 141 cm³/mol. The van der Waals surface area contributed by atoms with Gasteiger partial charge in [-0.15, -0.1) is 0 Å². The molecule has 0 unspecified atom stereocenters. The van der Waals surface area contributed by atoms with Crippen molar-refractivity contribution in [2.75, 3.05) is 38.1 Å². The average molecular weight is 482 g/mol. The number of nitrogens with one attached hydrogen (secondary N) is 1. The second-order valence-electron chi connectivity index (χ2n) is 10.2. The number of piperazine rings is 1. The van der Waals surface area contributed by atoms with Gasteiger partial charge in [0.15, 0.2) is 5.89 Å². The molecular weight excluding hydrogens is 450 g/mol. The Morgan fingerprint density at radius 1 is 1.06 bits per heavy atom. The number of fused-ring (bicyclic) bond motifs is 1. The summed E-state index contributed by atoms with van der Waals surface area (Å²) in [4.78, 5) is 27.5. The Morgan fingerprint density at radius 2 is 1.86 bits per heavy atom. The molecular formula is C29H31N5O2. The van der Waals surface area contributed by atoms with Gasteiger partial charge in [0.2, 0.25) is 0 Å². The number of rotatable bonds is 5. The van der Waals surface area contributed by atoms with Crippen LogP contribution >= 0.6 is 0 Å². The minimum Gasteiger partial charge on any atom is -0.449 e. The Morgan fingerprint density at radius 3 is 2.58 bits per heavy atom. The number of carbonyl (C=O) groups excluding carboxylic acids is 1. The maximum atomic E-state index is 13.7. The summed E-state index contributed by atoms with van der Waals surface area (Å²) in [5.74, 6) is 0.596. The molecule has 2 aromatic carbocycles. The molecule has 1 aliphatic carbocycles. The van der Waals surface area contributed by atoms with Gasteiger partial charge in [-0.2, -0.15) is 0 Å². The Bertz CT molecular complexity index is 1450. The van der Waals surface area contributed by atoms with Crippen LogP contribution in [0.4, 0.5) is 5.69 Å². The van der Waals surface area contributed by atoms with Crippen molar-refractivity contribution in [3.05, 3.63) is 77.5 Å². The van der Waals surface area contributed by atoms with Gasteiger partial charge >= 0.3 is 0 Å². The van der Waals surface area contributed by atoms with Gasteiger partial charge in [0, 0.05) is 61.5 Å². The molecule has 0 atom stereocenters. The van der Waals surface area contributed by atoms with E-state index in [1.54, 1.807) is 12.5 Å². The van der Waals surface area contributed by atoms with E-state index in [1.807, 2.05) is 26.0 Å². The summed E-state index contributed by atoms with van der Waals surface area (Å²) < 4.78 is 5.47. The van der Waals surface area contributed by atoms with Gasteiger partial charge in [0.1, 0.15) is 12.0 Å². The molecule has 1 saturated heterocycles. The molecule has 36 heavy (non-hydrogen) atoms. The molecule has 1 saturated carbocycles. The van der Waals surface area contributed by atoms with Crippen molar-refractivity contribution < 1.29 is 9.21 Å². The first kappa shape index (κ1) is 22.7. The summed E-state index contributed by atoms with van der Waals surface area (Å²) in [5.41, 5.74) is 6.12. The van der Waals surface area contributed by atoms with Gasteiger partial charge < -0.3 is 19.5 Å². The number of anilines is 1. The minimum atomic E-state index is -0.413. The lowest BCUT2D eigenvalue weighted by atomic mass is 9.95. The number of oxazole rings is 1. The smallest absolute Gasteiger partial charge is 0.252 e. The number of pyridine rings is 1. The van der Waals surface area contributed by atoms with Crippen LogP contribution in [0.2, 0.25) is 0 Å². The number of aryl methyl sites for hydroxylation is 2. The minimum absolute atomic E-state index is 0.0271. The lowest BCUT2D eigenvalue weighted by Crippen LogP contribution is -2.44.